The molecule has 0 radical (unpaired) electrons. The molecule has 1 aromatic carbocycles. The Morgan fingerprint density at radius 2 is 1.86 bits per heavy atom. The van der Waals surface area contributed by atoms with Gasteiger partial charge in [-0.2, -0.15) is 0 Å². The molecular weight excluding hydrogens is 491 g/mol. The highest BCUT2D eigenvalue weighted by Gasteiger charge is 2.54. The van der Waals surface area contributed by atoms with E-state index in [1.54, 1.807) is 12.1 Å². The normalized spacial score (nSPS) is 18.5. The second-order valence-corrected chi connectivity index (χ2v) is 13.8. The monoisotopic (exact) mass is 520 g/mol. The smallest absolute Gasteiger partial charge is 0.309 e. The van der Waals surface area contributed by atoms with E-state index in [4.69, 9.17) is 9.26 Å². The van der Waals surface area contributed by atoms with Gasteiger partial charge in [0.2, 0.25) is 8.32 Å². The molecule has 9 heteroatoms. The lowest BCUT2D eigenvalue weighted by atomic mass is 10.2. The zero-order valence-electron chi connectivity index (χ0n) is 16.9. The van der Waals surface area contributed by atoms with Crippen molar-refractivity contribution in [2.75, 3.05) is 17.5 Å². The van der Waals surface area contributed by atoms with E-state index in [0.717, 1.165) is 31.5 Å². The molecule has 1 aliphatic rings. The Bertz CT molecular complexity index is 689. The molecule has 1 aromatic rings. The highest BCUT2D eigenvalue weighted by Crippen LogP contribution is 2.46. The molecule has 2 unspecified atom stereocenters. The van der Waals surface area contributed by atoms with E-state index >= 15 is 0 Å². The lowest BCUT2D eigenvalue weighted by Gasteiger charge is -2.44. The number of benzene rings is 1. The quantitative estimate of drug-likeness (QED) is 0.122. The molecule has 0 amide bonds. The van der Waals surface area contributed by atoms with Crippen LogP contribution in [0, 0.1) is 10.1 Å². The fourth-order valence-electron chi connectivity index (χ4n) is 3.17. The average molecular weight is 520 g/mol. The Morgan fingerprint density at radius 3 is 2.32 bits per heavy atom. The summed E-state index contributed by atoms with van der Waals surface area (Å²) in [4.78, 5) is 23.3. The number of carbonyl (C=O) groups excluding carboxylic acids is 1. The van der Waals surface area contributed by atoms with Gasteiger partial charge in [0.05, 0.1) is 10.5 Å². The van der Waals surface area contributed by atoms with Crippen molar-refractivity contribution < 1.29 is 19.0 Å². The number of esters is 1. The molecule has 0 spiro atoms. The maximum absolute atomic E-state index is 13.0. The maximum Gasteiger partial charge on any atom is 0.309 e. The minimum atomic E-state index is -2.52. The number of halogens is 1. The Morgan fingerprint density at radius 1 is 1.29 bits per heavy atom. The Balaban J connectivity index is 2.10. The Hall–Kier alpha value is -1.04. The molecule has 0 N–H and O–H groups in total. The second-order valence-electron chi connectivity index (χ2n) is 8.32. The van der Waals surface area contributed by atoms with Crippen molar-refractivity contribution in [1.82, 2.24) is 5.06 Å². The summed E-state index contributed by atoms with van der Waals surface area (Å²) in [6.45, 7) is 10.5. The number of rotatable bonds is 8. The lowest BCUT2D eigenvalue weighted by molar-refractivity contribution is -0.384. The zero-order valence-corrected chi connectivity index (χ0v) is 20.1. The minimum Gasteiger partial charge on any atom is -0.461 e. The van der Waals surface area contributed by atoms with Gasteiger partial charge in [0, 0.05) is 29.6 Å². The van der Waals surface area contributed by atoms with Gasteiger partial charge in [-0.05, 0) is 42.1 Å². The van der Waals surface area contributed by atoms with Crippen LogP contribution in [0.4, 0.5) is 5.69 Å². The van der Waals surface area contributed by atoms with E-state index < -0.39 is 13.2 Å². The van der Waals surface area contributed by atoms with E-state index in [0.29, 0.717) is 4.43 Å². The summed E-state index contributed by atoms with van der Waals surface area (Å²) in [5.74, 6) is -0.254. The van der Waals surface area contributed by atoms with Crippen LogP contribution in [-0.2, 0) is 20.7 Å². The second kappa shape index (κ2) is 9.64. The molecule has 2 rings (SSSR count). The number of alkyl halides is 1. The predicted octanol–water partition coefficient (Wildman–Crippen LogP) is 4.85. The highest BCUT2D eigenvalue weighted by molar-refractivity contribution is 14.1. The number of carbonyl (C=O) groups is 1. The SMILES string of the molecule is CC(C)(C)[Si](C)(ON1CCCC1)C(CI)C(=O)OCc1ccc([N+](=O)[O-])cc1. The zero-order chi connectivity index (χ0) is 20.9. The molecule has 156 valence electrons. The summed E-state index contributed by atoms with van der Waals surface area (Å²) >= 11 is 2.24. The number of hydrogen-bond donors (Lipinski definition) is 0. The fraction of sp³-hybridized carbons (Fsp3) is 0.632. The van der Waals surface area contributed by atoms with Crippen molar-refractivity contribution in [2.24, 2.45) is 0 Å². The molecule has 1 heterocycles. The lowest BCUT2D eigenvalue weighted by Crippen LogP contribution is -2.55. The van der Waals surface area contributed by atoms with Crippen molar-refractivity contribution in [3.05, 3.63) is 39.9 Å². The van der Waals surface area contributed by atoms with Crippen LogP contribution in [0.5, 0.6) is 0 Å². The summed E-state index contributed by atoms with van der Waals surface area (Å²) < 4.78 is 12.8. The summed E-state index contributed by atoms with van der Waals surface area (Å²) in [7, 11) is -2.52. The first kappa shape index (κ1) is 23.2. The van der Waals surface area contributed by atoms with E-state index in [1.165, 1.54) is 12.1 Å². The van der Waals surface area contributed by atoms with Gasteiger partial charge in [0.1, 0.15) is 6.61 Å². The Labute approximate surface area is 181 Å². The topological polar surface area (TPSA) is 81.9 Å². The molecule has 0 aromatic heterocycles. The van der Waals surface area contributed by atoms with Crippen molar-refractivity contribution in [3.8, 4) is 0 Å². The van der Waals surface area contributed by atoms with Crippen LogP contribution in [-0.4, -0.2) is 41.8 Å². The van der Waals surface area contributed by atoms with E-state index in [9.17, 15) is 14.9 Å². The van der Waals surface area contributed by atoms with Gasteiger partial charge >= 0.3 is 5.97 Å². The van der Waals surface area contributed by atoms with Crippen LogP contribution in [0.25, 0.3) is 0 Å². The summed E-state index contributed by atoms with van der Waals surface area (Å²) in [6, 6.07) is 6.07. The third kappa shape index (κ3) is 5.52. The largest absolute Gasteiger partial charge is 0.461 e. The first-order valence-corrected chi connectivity index (χ1v) is 13.5. The van der Waals surface area contributed by atoms with Crippen LogP contribution in [0.1, 0.15) is 39.2 Å². The van der Waals surface area contributed by atoms with Crippen molar-refractivity contribution in [2.45, 2.75) is 57.3 Å². The van der Waals surface area contributed by atoms with Crippen LogP contribution >= 0.6 is 22.6 Å². The van der Waals surface area contributed by atoms with Crippen molar-refractivity contribution in [1.29, 1.82) is 0 Å². The average Bonchev–Trinajstić information content (AvgIpc) is 3.12. The van der Waals surface area contributed by atoms with Crippen LogP contribution < -0.4 is 0 Å². The van der Waals surface area contributed by atoms with Gasteiger partial charge in [-0.15, -0.1) is 0 Å². The van der Waals surface area contributed by atoms with Gasteiger partial charge in [0.15, 0.2) is 0 Å². The van der Waals surface area contributed by atoms with Gasteiger partial charge in [-0.3, -0.25) is 14.9 Å². The van der Waals surface area contributed by atoms with Gasteiger partial charge in [0.25, 0.3) is 5.69 Å². The molecule has 1 saturated heterocycles. The molecule has 1 fully saturated rings. The summed E-state index contributed by atoms with van der Waals surface area (Å²) in [5.41, 5.74) is 0.449. The fourth-order valence-corrected chi connectivity index (χ4v) is 9.05. The number of hydrogen-bond acceptors (Lipinski definition) is 6. The van der Waals surface area contributed by atoms with Gasteiger partial charge in [-0.25, -0.2) is 5.06 Å². The van der Waals surface area contributed by atoms with Crippen LogP contribution in [0.3, 0.4) is 0 Å². The van der Waals surface area contributed by atoms with E-state index in [2.05, 4.69) is 49.9 Å². The summed E-state index contributed by atoms with van der Waals surface area (Å²) in [5, 5.41) is 12.6. The third-order valence-corrected chi connectivity index (χ3v) is 12.6. The number of nitrogens with zero attached hydrogens (tertiary/aromatic N) is 2. The standard InChI is InChI=1S/C19H29IN2O5Si/c1-19(2,3)28(4,27-21-11-5-6-12-21)17(13-20)18(23)26-14-15-7-9-16(10-8-15)22(24)25/h7-10,17H,5-6,11-14H2,1-4H3. The Kier molecular flexibility index (Phi) is 8.00. The third-order valence-electron chi connectivity index (χ3n) is 5.50. The van der Waals surface area contributed by atoms with Gasteiger partial charge < -0.3 is 9.26 Å². The van der Waals surface area contributed by atoms with Gasteiger partial charge in [-0.1, -0.05) is 43.4 Å². The highest BCUT2D eigenvalue weighted by atomic mass is 127. The number of nitro benzene ring substituents is 1. The molecule has 2 atom stereocenters. The molecule has 0 bridgehead atoms. The van der Waals surface area contributed by atoms with E-state index in [1.807, 2.05) is 5.06 Å². The summed E-state index contributed by atoms with van der Waals surface area (Å²) in [6.07, 6.45) is 2.24. The first-order chi connectivity index (χ1) is 13.1. The number of ether oxygens (including phenoxy) is 1. The molecule has 7 nitrogen and oxygen atoms in total. The van der Waals surface area contributed by atoms with Crippen molar-refractivity contribution in [3.63, 3.8) is 0 Å². The molecule has 0 aliphatic carbocycles. The molecule has 28 heavy (non-hydrogen) atoms. The number of non-ortho nitro benzene ring substituents is 1. The molecule has 0 saturated carbocycles. The van der Waals surface area contributed by atoms with E-state index in [-0.39, 0.29) is 28.8 Å². The maximum atomic E-state index is 13.0. The number of hydroxylamine groups is 2. The number of nitro groups is 1. The molecule has 1 aliphatic heterocycles. The minimum absolute atomic E-state index is 0.0203. The first-order valence-electron chi connectivity index (χ1n) is 9.48. The van der Waals surface area contributed by atoms with Crippen molar-refractivity contribution >= 4 is 42.6 Å². The molecular formula is C19H29IN2O5Si. The predicted molar refractivity (Wildman–Crippen MR) is 119 cm³/mol. The van der Waals surface area contributed by atoms with Crippen LogP contribution in [0.15, 0.2) is 24.3 Å². The van der Waals surface area contributed by atoms with Crippen LogP contribution in [0.2, 0.25) is 17.1 Å².